The van der Waals surface area contributed by atoms with Crippen LogP contribution in [-0.2, 0) is 25.7 Å². The van der Waals surface area contributed by atoms with Crippen LogP contribution in [0, 0.1) is 13.8 Å². The summed E-state index contributed by atoms with van der Waals surface area (Å²) in [5.41, 5.74) is 9.69. The Morgan fingerprint density at radius 3 is 1.28 bits per heavy atom. The van der Waals surface area contributed by atoms with Crippen LogP contribution in [0.25, 0.3) is 11.1 Å². The molecule has 0 saturated carbocycles. The minimum atomic E-state index is 0.430. The molecule has 0 aliphatic rings. The highest BCUT2D eigenvalue weighted by molar-refractivity contribution is 5.54. The number of aryl methyl sites for hydroxylation is 4. The molecule has 0 aliphatic carbocycles. The topological polar surface area (TPSA) is 40.5 Å². The van der Waals surface area contributed by atoms with Crippen LogP contribution in [0.1, 0.15) is 86.8 Å². The Morgan fingerprint density at radius 1 is 0.583 bits per heavy atom. The number of hydrogen-bond acceptors (Lipinski definition) is 2. The number of benzene rings is 3. The predicted octanol–water partition coefficient (Wildman–Crippen LogP) is 7.23. The Balaban J connectivity index is 1.85. The fourth-order valence-electron chi connectivity index (χ4n) is 4.91. The summed E-state index contributed by atoms with van der Waals surface area (Å²) in [5, 5.41) is 23.2. The van der Waals surface area contributed by atoms with E-state index in [2.05, 4.69) is 77.9 Å². The lowest BCUT2D eigenvalue weighted by molar-refractivity contribution is 0.465. The van der Waals surface area contributed by atoms with Gasteiger partial charge in [-0.25, -0.2) is 0 Å². The minimum Gasteiger partial charge on any atom is -0.508 e. The number of hydrogen-bond donors (Lipinski definition) is 2. The molecule has 0 heterocycles. The molecule has 2 heteroatoms. The van der Waals surface area contributed by atoms with Crippen molar-refractivity contribution in [1.29, 1.82) is 0 Å². The Morgan fingerprint density at radius 2 is 0.944 bits per heavy atom. The van der Waals surface area contributed by atoms with Crippen LogP contribution in [0.15, 0.2) is 48.5 Å². The van der Waals surface area contributed by atoms with E-state index in [4.69, 9.17) is 0 Å². The zero-order valence-corrected chi connectivity index (χ0v) is 23.2. The maximum absolute atomic E-state index is 10.3. The quantitative estimate of drug-likeness (QED) is 0.319. The van der Waals surface area contributed by atoms with Gasteiger partial charge in [-0.1, -0.05) is 74.2 Å². The van der Waals surface area contributed by atoms with Crippen molar-refractivity contribution >= 4 is 11.1 Å². The molecule has 2 N–H and O–H groups in total. The molecule has 3 rings (SSSR count). The van der Waals surface area contributed by atoms with Crippen molar-refractivity contribution in [3.05, 3.63) is 92.3 Å². The summed E-state index contributed by atoms with van der Waals surface area (Å²) in [6, 6.07) is 17.2. The number of unbranched alkanes of at least 4 members (excludes halogenated alkanes) is 2. The van der Waals surface area contributed by atoms with Crippen LogP contribution >= 0.6 is 0 Å². The van der Waals surface area contributed by atoms with Gasteiger partial charge in [0.05, 0.1) is 0 Å². The normalized spacial score (nSPS) is 11.1. The van der Waals surface area contributed by atoms with Crippen LogP contribution in [0.5, 0.6) is 11.5 Å². The fraction of sp³-hybridized carbons (Fsp3) is 0.412. The molecule has 0 atom stereocenters. The third-order valence-corrected chi connectivity index (χ3v) is 7.46. The predicted molar refractivity (Wildman–Crippen MR) is 154 cm³/mol. The van der Waals surface area contributed by atoms with E-state index in [0.717, 1.165) is 73.6 Å². The lowest BCUT2D eigenvalue weighted by Gasteiger charge is -2.12. The van der Waals surface area contributed by atoms with Gasteiger partial charge in [0.2, 0.25) is 0 Å². The summed E-state index contributed by atoms with van der Waals surface area (Å²) >= 11 is 0. The first-order valence-corrected chi connectivity index (χ1v) is 13.6. The smallest absolute Gasteiger partial charge is 0.119 e. The van der Waals surface area contributed by atoms with Crippen molar-refractivity contribution < 1.29 is 10.2 Å². The molecule has 0 amide bonds. The molecule has 0 spiro atoms. The van der Waals surface area contributed by atoms with E-state index in [1.807, 2.05) is 12.1 Å². The first-order valence-electron chi connectivity index (χ1n) is 13.6. The molecule has 192 valence electrons. The van der Waals surface area contributed by atoms with Crippen molar-refractivity contribution in [2.45, 2.75) is 92.9 Å². The highest BCUT2D eigenvalue weighted by atomic mass is 16.3. The van der Waals surface area contributed by atoms with Crippen LogP contribution in [0.4, 0.5) is 0 Å². The average molecular weight is 485 g/mol. The van der Waals surface area contributed by atoms with E-state index in [1.54, 1.807) is 0 Å². The van der Waals surface area contributed by atoms with Crippen LogP contribution in [0.2, 0.25) is 0 Å². The Kier molecular flexibility index (Phi) is 9.81. The van der Waals surface area contributed by atoms with Crippen molar-refractivity contribution in [3.8, 4) is 11.5 Å². The molecule has 0 aromatic heterocycles. The minimum absolute atomic E-state index is 0.430. The van der Waals surface area contributed by atoms with Gasteiger partial charge >= 0.3 is 0 Å². The van der Waals surface area contributed by atoms with E-state index in [-0.39, 0.29) is 0 Å². The van der Waals surface area contributed by atoms with E-state index < -0.39 is 0 Å². The number of phenolic OH excluding ortho intramolecular Hbond substituents is 2. The standard InChI is InChI=1S/C34H44O2/c1-7-9-11-29-21-31(25(5)19-33(29)35)17-23(3)27-13-15-28(16-14-27)24(4)18-32-22-30(12-10-8-2)34(36)20-26(32)6/h13-16,19-22,35-36H,7-12,17-18H2,1-6H3. The summed E-state index contributed by atoms with van der Waals surface area (Å²) in [4.78, 5) is 0. The van der Waals surface area contributed by atoms with Gasteiger partial charge in [-0.05, 0) is 122 Å². The number of rotatable bonds is 10. The van der Waals surface area contributed by atoms with E-state index in [0.29, 0.717) is 11.5 Å². The van der Waals surface area contributed by atoms with Crippen LogP contribution in [0.3, 0.4) is 0 Å². The maximum Gasteiger partial charge on any atom is 0.119 e. The van der Waals surface area contributed by atoms with Gasteiger partial charge in [-0.3, -0.25) is 0 Å². The highest BCUT2D eigenvalue weighted by Gasteiger charge is 2.09. The molecule has 36 heavy (non-hydrogen) atoms. The van der Waals surface area contributed by atoms with Crippen molar-refractivity contribution in [2.75, 3.05) is 0 Å². The second-order valence-corrected chi connectivity index (χ2v) is 10.5. The van der Waals surface area contributed by atoms with Gasteiger partial charge in [0.1, 0.15) is 11.5 Å². The largest absolute Gasteiger partial charge is 0.508 e. The summed E-state index contributed by atoms with van der Waals surface area (Å²) < 4.78 is 0. The molecule has 0 unspecified atom stereocenters. The molecular weight excluding hydrogens is 440 g/mol. The van der Waals surface area contributed by atoms with Gasteiger partial charge in [0, 0.05) is 0 Å². The number of phenols is 2. The maximum atomic E-state index is 10.3. The van der Waals surface area contributed by atoms with Gasteiger partial charge in [-0.2, -0.15) is 0 Å². The molecular formula is C34H44O2. The zero-order chi connectivity index (χ0) is 26.2. The van der Waals surface area contributed by atoms with E-state index in [1.165, 1.54) is 32.7 Å². The monoisotopic (exact) mass is 484 g/mol. The number of aromatic hydroxyl groups is 2. The van der Waals surface area contributed by atoms with Gasteiger partial charge in [0.15, 0.2) is 0 Å². The second-order valence-electron chi connectivity index (χ2n) is 10.5. The molecule has 0 fully saturated rings. The molecule has 2 nitrogen and oxygen atoms in total. The Labute approximate surface area is 218 Å². The molecule has 0 bridgehead atoms. The van der Waals surface area contributed by atoms with Crippen LogP contribution in [-0.4, -0.2) is 10.2 Å². The van der Waals surface area contributed by atoms with Crippen LogP contribution < -0.4 is 10.4 Å². The first-order chi connectivity index (χ1) is 17.2. The summed E-state index contributed by atoms with van der Waals surface area (Å²) in [6.07, 6.45) is 8.09. The van der Waals surface area contributed by atoms with E-state index >= 15 is 0 Å². The molecule has 0 aliphatic heterocycles. The Hall–Kier alpha value is -3.00. The second kappa shape index (κ2) is 12.8. The highest BCUT2D eigenvalue weighted by Crippen LogP contribution is 2.27. The summed E-state index contributed by atoms with van der Waals surface area (Å²) in [5.74, 6) is 0.859. The fourth-order valence-corrected chi connectivity index (χ4v) is 4.91. The third kappa shape index (κ3) is 7.03. The first kappa shape index (κ1) is 27.6. The van der Waals surface area contributed by atoms with Gasteiger partial charge in [0.25, 0.3) is 0 Å². The molecule has 0 radical (unpaired) electrons. The molecule has 3 aromatic rings. The van der Waals surface area contributed by atoms with Gasteiger partial charge in [-0.15, -0.1) is 0 Å². The Bertz CT molecular complexity index is 1190. The summed E-state index contributed by atoms with van der Waals surface area (Å²) in [7, 11) is 0. The lowest BCUT2D eigenvalue weighted by Crippen LogP contribution is -2.13. The van der Waals surface area contributed by atoms with E-state index in [9.17, 15) is 10.2 Å². The average Bonchev–Trinajstić information content (AvgIpc) is 2.85. The van der Waals surface area contributed by atoms with Gasteiger partial charge < -0.3 is 10.2 Å². The SMILES string of the molecule is CCCCc1cc(CC(C)=c2ccc(=C(C)Cc3cc(CCCC)c(O)cc3C)cc2)c(C)cc1O. The molecule has 3 aromatic carbocycles. The van der Waals surface area contributed by atoms with Crippen molar-refractivity contribution in [2.24, 2.45) is 0 Å². The molecule has 0 saturated heterocycles. The third-order valence-electron chi connectivity index (χ3n) is 7.46. The lowest BCUT2D eigenvalue weighted by atomic mass is 9.94. The van der Waals surface area contributed by atoms with Crippen molar-refractivity contribution in [1.82, 2.24) is 0 Å². The van der Waals surface area contributed by atoms with Crippen molar-refractivity contribution in [3.63, 3.8) is 0 Å². The zero-order valence-electron chi connectivity index (χ0n) is 23.2. The summed E-state index contributed by atoms with van der Waals surface area (Å²) in [6.45, 7) is 13.0.